The van der Waals surface area contributed by atoms with Crippen LogP contribution in [0.3, 0.4) is 0 Å². The van der Waals surface area contributed by atoms with Crippen LogP contribution >= 0.6 is 12.4 Å². The third kappa shape index (κ3) is 9.01. The fraction of sp³-hybridized carbons (Fsp3) is 0.500. The summed E-state index contributed by atoms with van der Waals surface area (Å²) >= 11 is 0. The van der Waals surface area contributed by atoms with Gasteiger partial charge in [0.15, 0.2) is 0 Å². The average Bonchev–Trinajstić information content (AvgIpc) is 1.41. The molecule has 0 amide bonds. The number of hydrogen-bond donors (Lipinski definition) is 1. The normalized spacial score (nSPS) is 6.17. The van der Waals surface area contributed by atoms with Gasteiger partial charge in [0, 0.05) is 0 Å². The summed E-state index contributed by atoms with van der Waals surface area (Å²) < 4.78 is 0. The molecule has 2 N–H and O–H groups in total. The molecule has 0 rings (SSSR count). The lowest BCUT2D eigenvalue weighted by Crippen LogP contribution is -1.94. The summed E-state index contributed by atoms with van der Waals surface area (Å²) in [6.45, 7) is 4.20. The Labute approximate surface area is 44.6 Å². The Balaban J connectivity index is 0. The van der Waals surface area contributed by atoms with Crippen molar-refractivity contribution >= 4 is 12.4 Å². The van der Waals surface area contributed by atoms with E-state index in [1.807, 2.05) is 0 Å². The van der Waals surface area contributed by atoms with Crippen LogP contribution in [-0.2, 0) is 0 Å². The Morgan fingerprint density at radius 1 is 1.67 bits per heavy atom. The molecule has 6 heavy (non-hydrogen) atoms. The van der Waals surface area contributed by atoms with Gasteiger partial charge in [-0.25, -0.2) is 0 Å². The molecular weight excluding hydrogens is 97.5 g/mol. The molecule has 1 nitrogen and oxygen atoms in total. The van der Waals surface area contributed by atoms with Gasteiger partial charge >= 0.3 is 0 Å². The van der Waals surface area contributed by atoms with E-state index in [0.29, 0.717) is 0 Å². The van der Waals surface area contributed by atoms with Crippen LogP contribution in [0, 0.1) is 0 Å². The van der Waals surface area contributed by atoms with E-state index >= 15 is 0 Å². The van der Waals surface area contributed by atoms with E-state index < -0.39 is 0 Å². The fourth-order valence-electron chi connectivity index (χ4n) is 0.118. The van der Waals surface area contributed by atoms with Crippen molar-refractivity contribution in [2.75, 3.05) is 6.54 Å². The van der Waals surface area contributed by atoms with Crippen molar-refractivity contribution in [1.29, 1.82) is 0 Å². The van der Waals surface area contributed by atoms with Gasteiger partial charge in [-0.05, 0) is 13.0 Å². The molecule has 0 aromatic rings. The van der Waals surface area contributed by atoms with Gasteiger partial charge in [0.1, 0.15) is 0 Å². The zero-order chi connectivity index (χ0) is 4.12. The Kier molecular flexibility index (Phi) is 13.9. The second kappa shape index (κ2) is 8.89. The summed E-state index contributed by atoms with van der Waals surface area (Å²) in [5, 5.41) is 0. The molecule has 0 bridgehead atoms. The highest BCUT2D eigenvalue weighted by atomic mass is 35.5. The lowest BCUT2D eigenvalue weighted by Gasteiger charge is -1.74. The van der Waals surface area contributed by atoms with Gasteiger partial charge in [-0.3, -0.25) is 0 Å². The maximum Gasteiger partial charge on any atom is -0.00427 e. The second-order valence-electron chi connectivity index (χ2n) is 0.866. The fourth-order valence-corrected chi connectivity index (χ4v) is 0.118. The van der Waals surface area contributed by atoms with Crippen LogP contribution in [0.5, 0.6) is 0 Å². The van der Waals surface area contributed by atoms with Gasteiger partial charge in [0.05, 0.1) is 0 Å². The topological polar surface area (TPSA) is 26.0 Å². The SMILES string of the molecule is C=CCCN.Cl. The van der Waals surface area contributed by atoms with Crippen LogP contribution in [0.4, 0.5) is 0 Å². The van der Waals surface area contributed by atoms with Crippen LogP contribution in [-0.4, -0.2) is 6.54 Å². The van der Waals surface area contributed by atoms with Crippen molar-refractivity contribution in [3.05, 3.63) is 12.7 Å². The molecular formula is C4H10ClN. The molecule has 0 fully saturated rings. The Morgan fingerprint density at radius 3 is 2.17 bits per heavy atom. The van der Waals surface area contributed by atoms with Gasteiger partial charge < -0.3 is 5.73 Å². The first-order chi connectivity index (χ1) is 2.41. The number of hydrogen-bond acceptors (Lipinski definition) is 1. The lowest BCUT2D eigenvalue weighted by atomic mass is 10.4. The van der Waals surface area contributed by atoms with Crippen molar-refractivity contribution in [3.8, 4) is 0 Å². The Morgan fingerprint density at radius 2 is 2.17 bits per heavy atom. The number of halogens is 1. The quantitative estimate of drug-likeness (QED) is 0.523. The van der Waals surface area contributed by atoms with E-state index in [0.717, 1.165) is 13.0 Å². The molecule has 0 atom stereocenters. The molecule has 0 aromatic carbocycles. The van der Waals surface area contributed by atoms with Crippen LogP contribution in [0.2, 0.25) is 0 Å². The largest absolute Gasteiger partial charge is 0.330 e. The van der Waals surface area contributed by atoms with E-state index in [9.17, 15) is 0 Å². The van der Waals surface area contributed by atoms with Crippen molar-refractivity contribution in [3.63, 3.8) is 0 Å². The molecule has 0 saturated heterocycles. The third-order valence-corrected chi connectivity index (χ3v) is 0.371. The van der Waals surface area contributed by atoms with Crippen LogP contribution in [0.25, 0.3) is 0 Å². The van der Waals surface area contributed by atoms with Crippen LogP contribution < -0.4 is 5.73 Å². The van der Waals surface area contributed by atoms with E-state index in [1.54, 1.807) is 6.08 Å². The van der Waals surface area contributed by atoms with Gasteiger partial charge in [0.25, 0.3) is 0 Å². The van der Waals surface area contributed by atoms with E-state index in [4.69, 9.17) is 5.73 Å². The Hall–Kier alpha value is -0.0100. The molecule has 38 valence electrons. The van der Waals surface area contributed by atoms with E-state index in [2.05, 4.69) is 6.58 Å². The standard InChI is InChI=1S/C4H9N.ClH/c1-2-3-4-5;/h2H,1,3-5H2;1H. The summed E-state index contributed by atoms with van der Waals surface area (Å²) in [5.41, 5.74) is 5.07. The summed E-state index contributed by atoms with van der Waals surface area (Å²) in [5.74, 6) is 0. The summed E-state index contributed by atoms with van der Waals surface area (Å²) in [7, 11) is 0. The number of rotatable bonds is 2. The second-order valence-corrected chi connectivity index (χ2v) is 0.866. The summed E-state index contributed by atoms with van der Waals surface area (Å²) in [4.78, 5) is 0. The molecule has 0 radical (unpaired) electrons. The highest BCUT2D eigenvalue weighted by Crippen LogP contribution is 1.66. The van der Waals surface area contributed by atoms with Crippen LogP contribution in [0.15, 0.2) is 12.7 Å². The average molecular weight is 108 g/mol. The maximum atomic E-state index is 5.07. The van der Waals surface area contributed by atoms with Gasteiger partial charge in [0.2, 0.25) is 0 Å². The minimum absolute atomic E-state index is 0. The Bertz CT molecular complexity index is 28.7. The zero-order valence-corrected chi connectivity index (χ0v) is 4.50. The monoisotopic (exact) mass is 107 g/mol. The maximum absolute atomic E-state index is 5.07. The molecule has 0 spiro atoms. The smallest absolute Gasteiger partial charge is 0.00427 e. The molecule has 0 unspecified atom stereocenters. The van der Waals surface area contributed by atoms with Crippen LogP contribution in [0.1, 0.15) is 6.42 Å². The predicted molar refractivity (Wildman–Crippen MR) is 31.1 cm³/mol. The lowest BCUT2D eigenvalue weighted by molar-refractivity contribution is 1.01. The first kappa shape index (κ1) is 9.37. The van der Waals surface area contributed by atoms with Crippen molar-refractivity contribution in [1.82, 2.24) is 0 Å². The molecule has 0 aliphatic heterocycles. The highest BCUT2D eigenvalue weighted by Gasteiger charge is 1.61. The van der Waals surface area contributed by atoms with E-state index in [1.165, 1.54) is 0 Å². The minimum atomic E-state index is 0. The molecule has 0 aliphatic carbocycles. The van der Waals surface area contributed by atoms with Gasteiger partial charge in [-0.2, -0.15) is 0 Å². The van der Waals surface area contributed by atoms with Crippen molar-refractivity contribution < 1.29 is 0 Å². The van der Waals surface area contributed by atoms with Crippen molar-refractivity contribution in [2.45, 2.75) is 6.42 Å². The molecule has 0 heterocycles. The first-order valence-corrected chi connectivity index (χ1v) is 1.72. The van der Waals surface area contributed by atoms with Gasteiger partial charge in [-0.15, -0.1) is 19.0 Å². The molecule has 0 aromatic heterocycles. The van der Waals surface area contributed by atoms with E-state index in [-0.39, 0.29) is 12.4 Å². The van der Waals surface area contributed by atoms with Crippen molar-refractivity contribution in [2.24, 2.45) is 5.73 Å². The molecule has 0 aliphatic rings. The summed E-state index contributed by atoms with van der Waals surface area (Å²) in [6.07, 6.45) is 2.74. The molecule has 2 heteroatoms. The van der Waals surface area contributed by atoms with Gasteiger partial charge in [-0.1, -0.05) is 6.08 Å². The third-order valence-electron chi connectivity index (χ3n) is 0.371. The number of nitrogens with two attached hydrogens (primary N) is 1. The predicted octanol–water partition coefficient (Wildman–Crippen LogP) is 0.943. The molecule has 0 saturated carbocycles. The first-order valence-electron chi connectivity index (χ1n) is 1.72. The minimum Gasteiger partial charge on any atom is -0.330 e. The highest BCUT2D eigenvalue weighted by molar-refractivity contribution is 5.85. The summed E-state index contributed by atoms with van der Waals surface area (Å²) in [6, 6.07) is 0. The zero-order valence-electron chi connectivity index (χ0n) is 3.68.